The summed E-state index contributed by atoms with van der Waals surface area (Å²) < 4.78 is 11.6. The van der Waals surface area contributed by atoms with Gasteiger partial charge >= 0.3 is 5.97 Å². The van der Waals surface area contributed by atoms with Crippen LogP contribution in [0.1, 0.15) is 15.9 Å². The first kappa shape index (κ1) is 21.5. The minimum atomic E-state index is -0.538. The Morgan fingerprint density at radius 2 is 1.77 bits per heavy atom. The number of carbonyl (C=O) groups is 2. The number of hydrogen-bond acceptors (Lipinski definition) is 5. The lowest BCUT2D eigenvalue weighted by molar-refractivity contribution is -0.123. The summed E-state index contributed by atoms with van der Waals surface area (Å²) in [5, 5.41) is 4.44. The SMILES string of the molecule is O=C(COc1ccccc1)N/N=C\c1cc(Br)ccc1OC(=O)c1ccc(Cl)cc1. The predicted octanol–water partition coefficient (Wildman–Crippen LogP) is 4.85. The number of carbonyl (C=O) groups excluding carboxylic acids is 2. The van der Waals surface area contributed by atoms with Crippen LogP contribution in [0.2, 0.25) is 5.02 Å². The van der Waals surface area contributed by atoms with E-state index in [1.807, 2.05) is 18.2 Å². The highest BCUT2D eigenvalue weighted by molar-refractivity contribution is 9.10. The number of nitrogens with zero attached hydrogens (tertiary/aromatic N) is 1. The summed E-state index contributed by atoms with van der Waals surface area (Å²) in [6, 6.07) is 20.4. The molecule has 0 aliphatic rings. The number of esters is 1. The van der Waals surface area contributed by atoms with E-state index < -0.39 is 11.9 Å². The average molecular weight is 488 g/mol. The molecule has 0 aliphatic heterocycles. The molecule has 0 unspecified atom stereocenters. The first-order valence-corrected chi connectivity index (χ1v) is 9.95. The number of nitrogens with one attached hydrogen (secondary N) is 1. The van der Waals surface area contributed by atoms with Gasteiger partial charge in [-0.15, -0.1) is 0 Å². The van der Waals surface area contributed by atoms with Crippen molar-refractivity contribution in [2.45, 2.75) is 0 Å². The molecule has 0 spiro atoms. The second-order valence-corrected chi connectivity index (χ2v) is 7.33. The molecule has 0 atom stereocenters. The molecule has 1 amide bonds. The van der Waals surface area contributed by atoms with Crippen molar-refractivity contribution in [1.29, 1.82) is 0 Å². The van der Waals surface area contributed by atoms with Crippen LogP contribution >= 0.6 is 27.5 Å². The molecular formula is C22H16BrClN2O4. The van der Waals surface area contributed by atoms with Gasteiger partial charge in [-0.25, -0.2) is 10.2 Å². The summed E-state index contributed by atoms with van der Waals surface area (Å²) in [6.07, 6.45) is 1.38. The van der Waals surface area contributed by atoms with Crippen molar-refractivity contribution in [3.8, 4) is 11.5 Å². The molecule has 0 aromatic heterocycles. The van der Waals surface area contributed by atoms with E-state index in [1.165, 1.54) is 6.21 Å². The Morgan fingerprint density at radius 1 is 1.03 bits per heavy atom. The van der Waals surface area contributed by atoms with Crippen molar-refractivity contribution < 1.29 is 19.1 Å². The number of halogens is 2. The highest BCUT2D eigenvalue weighted by atomic mass is 79.9. The molecule has 152 valence electrons. The largest absolute Gasteiger partial charge is 0.484 e. The molecular weight excluding hydrogens is 472 g/mol. The lowest BCUT2D eigenvalue weighted by atomic mass is 10.2. The van der Waals surface area contributed by atoms with E-state index in [1.54, 1.807) is 54.6 Å². The zero-order valence-electron chi connectivity index (χ0n) is 15.5. The van der Waals surface area contributed by atoms with Gasteiger partial charge in [-0.3, -0.25) is 4.79 Å². The molecule has 0 radical (unpaired) electrons. The van der Waals surface area contributed by atoms with Gasteiger partial charge in [0.15, 0.2) is 6.61 Å². The van der Waals surface area contributed by atoms with Gasteiger partial charge in [0.25, 0.3) is 5.91 Å². The first-order chi connectivity index (χ1) is 14.5. The van der Waals surface area contributed by atoms with Gasteiger partial charge in [0.1, 0.15) is 11.5 Å². The van der Waals surface area contributed by atoms with Crippen molar-refractivity contribution in [2.24, 2.45) is 5.10 Å². The second kappa shape index (κ2) is 10.6. The smallest absolute Gasteiger partial charge is 0.343 e. The third-order valence-corrected chi connectivity index (χ3v) is 4.51. The van der Waals surface area contributed by atoms with E-state index >= 15 is 0 Å². The minimum Gasteiger partial charge on any atom is -0.484 e. The van der Waals surface area contributed by atoms with Crippen LogP contribution in [0, 0.1) is 0 Å². The molecule has 0 heterocycles. The zero-order chi connectivity index (χ0) is 21.3. The Balaban J connectivity index is 1.62. The van der Waals surface area contributed by atoms with Crippen molar-refractivity contribution in [3.05, 3.63) is 93.4 Å². The topological polar surface area (TPSA) is 77.0 Å². The fourth-order valence-corrected chi connectivity index (χ4v) is 2.83. The molecule has 0 saturated heterocycles. The molecule has 3 aromatic rings. The molecule has 6 nitrogen and oxygen atoms in total. The van der Waals surface area contributed by atoms with Crippen molar-refractivity contribution >= 4 is 45.6 Å². The van der Waals surface area contributed by atoms with Gasteiger partial charge < -0.3 is 9.47 Å². The number of hydrazone groups is 1. The molecule has 3 aromatic carbocycles. The van der Waals surface area contributed by atoms with Gasteiger partial charge in [0.2, 0.25) is 0 Å². The molecule has 0 saturated carbocycles. The van der Waals surface area contributed by atoms with E-state index in [0.29, 0.717) is 21.9 Å². The summed E-state index contributed by atoms with van der Waals surface area (Å²) in [5.41, 5.74) is 3.23. The van der Waals surface area contributed by atoms with E-state index in [-0.39, 0.29) is 12.4 Å². The normalized spacial score (nSPS) is 10.6. The van der Waals surface area contributed by atoms with Crippen LogP contribution in [-0.4, -0.2) is 24.7 Å². The summed E-state index contributed by atoms with van der Waals surface area (Å²) in [7, 11) is 0. The fraction of sp³-hybridized carbons (Fsp3) is 0.0455. The third kappa shape index (κ3) is 6.43. The minimum absolute atomic E-state index is 0.182. The van der Waals surface area contributed by atoms with Gasteiger partial charge in [0, 0.05) is 15.1 Å². The monoisotopic (exact) mass is 486 g/mol. The number of benzene rings is 3. The summed E-state index contributed by atoms with van der Waals surface area (Å²) in [4.78, 5) is 24.3. The standard InChI is InChI=1S/C22H16BrClN2O4/c23-17-8-11-20(30-22(28)15-6-9-18(24)10-7-15)16(12-17)13-25-26-21(27)14-29-19-4-2-1-3-5-19/h1-13H,14H2,(H,26,27)/b25-13-. The third-order valence-electron chi connectivity index (χ3n) is 3.76. The highest BCUT2D eigenvalue weighted by Gasteiger charge is 2.12. The van der Waals surface area contributed by atoms with Crippen molar-refractivity contribution in [1.82, 2.24) is 5.43 Å². The van der Waals surface area contributed by atoms with Gasteiger partial charge in [-0.05, 0) is 54.6 Å². The molecule has 0 bridgehead atoms. The van der Waals surface area contributed by atoms with Crippen molar-refractivity contribution in [3.63, 3.8) is 0 Å². The maximum absolute atomic E-state index is 12.4. The van der Waals surface area contributed by atoms with Crippen LogP contribution in [0.25, 0.3) is 0 Å². The molecule has 0 aliphatic carbocycles. The van der Waals surface area contributed by atoms with Crippen LogP contribution in [0.5, 0.6) is 11.5 Å². The van der Waals surface area contributed by atoms with Crippen LogP contribution in [0.4, 0.5) is 0 Å². The predicted molar refractivity (Wildman–Crippen MR) is 118 cm³/mol. The van der Waals surface area contributed by atoms with Crippen LogP contribution in [-0.2, 0) is 4.79 Å². The Bertz CT molecular complexity index is 1060. The Labute approximate surface area is 186 Å². The average Bonchev–Trinajstić information content (AvgIpc) is 2.75. The molecule has 30 heavy (non-hydrogen) atoms. The summed E-state index contributed by atoms with van der Waals surface area (Å²) in [5.74, 6) is -0.0922. The number of para-hydroxylation sites is 1. The number of rotatable bonds is 7. The molecule has 1 N–H and O–H groups in total. The molecule has 3 rings (SSSR count). The second-order valence-electron chi connectivity index (χ2n) is 5.97. The van der Waals surface area contributed by atoms with Crippen LogP contribution in [0.15, 0.2) is 82.4 Å². The quantitative estimate of drug-likeness (QED) is 0.224. The van der Waals surface area contributed by atoms with Gasteiger partial charge in [0.05, 0.1) is 11.8 Å². The number of ether oxygens (including phenoxy) is 2. The van der Waals surface area contributed by atoms with Crippen molar-refractivity contribution in [2.75, 3.05) is 6.61 Å². The van der Waals surface area contributed by atoms with E-state index in [9.17, 15) is 9.59 Å². The highest BCUT2D eigenvalue weighted by Crippen LogP contribution is 2.23. The van der Waals surface area contributed by atoms with Crippen LogP contribution in [0.3, 0.4) is 0 Å². The summed E-state index contributed by atoms with van der Waals surface area (Å²) >= 11 is 9.20. The molecule has 0 fully saturated rings. The number of hydrogen-bond donors (Lipinski definition) is 1. The Kier molecular flexibility index (Phi) is 7.59. The van der Waals surface area contributed by atoms with E-state index in [2.05, 4.69) is 26.5 Å². The Hall–Kier alpha value is -3.16. The number of amides is 1. The van der Waals surface area contributed by atoms with Crippen LogP contribution < -0.4 is 14.9 Å². The van der Waals surface area contributed by atoms with Gasteiger partial charge in [-0.1, -0.05) is 45.7 Å². The maximum atomic E-state index is 12.4. The Morgan fingerprint density at radius 3 is 2.50 bits per heavy atom. The lowest BCUT2D eigenvalue weighted by Gasteiger charge is -2.08. The fourth-order valence-electron chi connectivity index (χ4n) is 2.33. The van der Waals surface area contributed by atoms with E-state index in [0.717, 1.165) is 4.47 Å². The maximum Gasteiger partial charge on any atom is 0.343 e. The van der Waals surface area contributed by atoms with Gasteiger partial charge in [-0.2, -0.15) is 5.10 Å². The zero-order valence-corrected chi connectivity index (χ0v) is 17.9. The molecule has 8 heteroatoms. The first-order valence-electron chi connectivity index (χ1n) is 8.78. The summed E-state index contributed by atoms with van der Waals surface area (Å²) in [6.45, 7) is -0.182. The van der Waals surface area contributed by atoms with E-state index in [4.69, 9.17) is 21.1 Å². The lowest BCUT2D eigenvalue weighted by Crippen LogP contribution is -2.24.